The number of para-hydroxylation sites is 1. The molecule has 0 aromatic heterocycles. The van der Waals surface area contributed by atoms with E-state index in [1.54, 1.807) is 41.3 Å². The van der Waals surface area contributed by atoms with Crippen molar-refractivity contribution in [3.63, 3.8) is 0 Å². The molecule has 1 heterocycles. The minimum atomic E-state index is -1.86. The maximum absolute atomic E-state index is 13.3. The highest BCUT2D eigenvalue weighted by atomic mass is 35.5. The molecule has 1 aliphatic rings. The number of amides is 1. The number of hydrogen-bond donors (Lipinski definition) is 1. The van der Waals surface area contributed by atoms with E-state index in [1.165, 1.54) is 5.56 Å². The summed E-state index contributed by atoms with van der Waals surface area (Å²) in [6, 6.07) is 23.7. The molecule has 0 unspecified atom stereocenters. The van der Waals surface area contributed by atoms with Crippen LogP contribution in [-0.2, 0) is 16.8 Å². The number of hydrogen-bond acceptors (Lipinski definition) is 3. The molecular weight excluding hydrogens is 398 g/mol. The second kappa shape index (κ2) is 8.42. The van der Waals surface area contributed by atoms with Crippen molar-refractivity contribution in [2.45, 2.75) is 24.9 Å². The summed E-state index contributed by atoms with van der Waals surface area (Å²) in [5.41, 5.74) is 0.908. The molecule has 0 saturated heterocycles. The molecule has 1 N–H and O–H groups in total. The summed E-state index contributed by atoms with van der Waals surface area (Å²) in [5.74, 6) is -0.748. The SMILES string of the molecule is O=C(C[C@@]1(O)C(=O)N(CCCc2ccccc2)c2ccccc21)c1ccc(Cl)cc1. The zero-order chi connectivity index (χ0) is 21.1. The van der Waals surface area contributed by atoms with E-state index in [0.717, 1.165) is 12.8 Å². The summed E-state index contributed by atoms with van der Waals surface area (Å²) in [6.07, 6.45) is 1.28. The van der Waals surface area contributed by atoms with Gasteiger partial charge in [-0.3, -0.25) is 9.59 Å². The first-order valence-electron chi connectivity index (χ1n) is 9.95. The van der Waals surface area contributed by atoms with Gasteiger partial charge >= 0.3 is 0 Å². The molecule has 0 aliphatic carbocycles. The van der Waals surface area contributed by atoms with Crippen molar-refractivity contribution < 1.29 is 14.7 Å². The fourth-order valence-corrected chi connectivity index (χ4v) is 4.08. The summed E-state index contributed by atoms with van der Waals surface area (Å²) in [6.45, 7) is 0.474. The number of anilines is 1. The first-order valence-corrected chi connectivity index (χ1v) is 10.3. The lowest BCUT2D eigenvalue weighted by atomic mass is 9.88. The van der Waals surface area contributed by atoms with Gasteiger partial charge < -0.3 is 10.0 Å². The monoisotopic (exact) mass is 419 g/mol. The van der Waals surface area contributed by atoms with Gasteiger partial charge in [0.15, 0.2) is 11.4 Å². The Morgan fingerprint density at radius 1 is 0.933 bits per heavy atom. The van der Waals surface area contributed by atoms with Gasteiger partial charge in [-0.25, -0.2) is 0 Å². The van der Waals surface area contributed by atoms with Crippen LogP contribution in [0.25, 0.3) is 0 Å². The van der Waals surface area contributed by atoms with Gasteiger partial charge in [0.05, 0.1) is 12.1 Å². The predicted molar refractivity (Wildman–Crippen MR) is 118 cm³/mol. The molecule has 4 rings (SSSR count). The van der Waals surface area contributed by atoms with Gasteiger partial charge in [-0.05, 0) is 48.7 Å². The molecule has 1 aliphatic heterocycles. The van der Waals surface area contributed by atoms with Crippen molar-refractivity contribution in [1.82, 2.24) is 0 Å². The molecule has 3 aromatic rings. The van der Waals surface area contributed by atoms with E-state index in [9.17, 15) is 14.7 Å². The van der Waals surface area contributed by atoms with Gasteiger partial charge in [-0.1, -0.05) is 60.1 Å². The number of aryl methyl sites for hydroxylation is 1. The van der Waals surface area contributed by atoms with Crippen LogP contribution in [0.5, 0.6) is 0 Å². The Morgan fingerprint density at radius 2 is 1.60 bits per heavy atom. The smallest absolute Gasteiger partial charge is 0.264 e. The second-order valence-electron chi connectivity index (χ2n) is 7.53. The van der Waals surface area contributed by atoms with Gasteiger partial charge in [0.1, 0.15) is 0 Å². The van der Waals surface area contributed by atoms with Crippen molar-refractivity contribution in [3.05, 3.63) is 101 Å². The highest BCUT2D eigenvalue weighted by Gasteiger charge is 2.50. The third-order valence-electron chi connectivity index (χ3n) is 5.51. The third kappa shape index (κ3) is 3.89. The number of rotatable bonds is 7. The number of halogens is 1. The molecule has 5 heteroatoms. The highest BCUT2D eigenvalue weighted by molar-refractivity contribution is 6.30. The lowest BCUT2D eigenvalue weighted by Gasteiger charge is -2.23. The van der Waals surface area contributed by atoms with Crippen molar-refractivity contribution >= 4 is 29.0 Å². The fraction of sp³-hybridized carbons (Fsp3) is 0.200. The number of carbonyl (C=O) groups excluding carboxylic acids is 2. The number of fused-ring (bicyclic) bond motifs is 1. The molecule has 1 amide bonds. The molecule has 0 bridgehead atoms. The van der Waals surface area contributed by atoms with Gasteiger partial charge in [-0.15, -0.1) is 0 Å². The molecule has 0 saturated carbocycles. The number of benzene rings is 3. The largest absolute Gasteiger partial charge is 0.375 e. The van der Waals surface area contributed by atoms with Crippen molar-refractivity contribution in [2.24, 2.45) is 0 Å². The maximum atomic E-state index is 13.3. The Morgan fingerprint density at radius 3 is 2.33 bits per heavy atom. The number of Topliss-reactive ketones (excluding diaryl/α,β-unsaturated/α-hetero) is 1. The van der Waals surface area contributed by atoms with E-state index in [-0.39, 0.29) is 12.2 Å². The Hall–Kier alpha value is -2.95. The van der Waals surface area contributed by atoms with E-state index >= 15 is 0 Å². The van der Waals surface area contributed by atoms with Crippen LogP contribution in [0, 0.1) is 0 Å². The minimum absolute atomic E-state index is 0.302. The molecule has 1 atom stereocenters. The summed E-state index contributed by atoms with van der Waals surface area (Å²) >= 11 is 5.89. The van der Waals surface area contributed by atoms with Crippen LogP contribution in [0.4, 0.5) is 5.69 Å². The highest BCUT2D eigenvalue weighted by Crippen LogP contribution is 2.43. The van der Waals surface area contributed by atoms with Crippen molar-refractivity contribution in [3.8, 4) is 0 Å². The molecule has 0 radical (unpaired) electrons. The van der Waals surface area contributed by atoms with Crippen molar-refractivity contribution in [2.75, 3.05) is 11.4 Å². The van der Waals surface area contributed by atoms with E-state index < -0.39 is 11.5 Å². The van der Waals surface area contributed by atoms with Gasteiger partial charge in [0.25, 0.3) is 5.91 Å². The normalized spacial score (nSPS) is 17.8. The predicted octanol–water partition coefficient (Wildman–Crippen LogP) is 4.78. The third-order valence-corrected chi connectivity index (χ3v) is 5.76. The molecule has 30 heavy (non-hydrogen) atoms. The zero-order valence-electron chi connectivity index (χ0n) is 16.4. The first kappa shape index (κ1) is 20.3. The Bertz CT molecular complexity index is 1070. The van der Waals surface area contributed by atoms with E-state index in [2.05, 4.69) is 12.1 Å². The van der Waals surface area contributed by atoms with Crippen LogP contribution < -0.4 is 4.90 Å². The summed E-state index contributed by atoms with van der Waals surface area (Å²) in [7, 11) is 0. The Kier molecular flexibility index (Phi) is 5.71. The minimum Gasteiger partial charge on any atom is -0.375 e. The molecule has 152 valence electrons. The van der Waals surface area contributed by atoms with E-state index in [4.69, 9.17) is 11.6 Å². The quantitative estimate of drug-likeness (QED) is 0.560. The van der Waals surface area contributed by atoms with Crippen LogP contribution in [-0.4, -0.2) is 23.3 Å². The first-order chi connectivity index (χ1) is 14.5. The molecule has 3 aromatic carbocycles. The van der Waals surface area contributed by atoms with Crippen LogP contribution >= 0.6 is 11.6 Å². The van der Waals surface area contributed by atoms with Crippen LogP contribution in [0.1, 0.15) is 34.3 Å². The number of aliphatic hydroxyl groups is 1. The lowest BCUT2D eigenvalue weighted by Crippen LogP contribution is -2.42. The second-order valence-corrected chi connectivity index (χ2v) is 7.97. The average molecular weight is 420 g/mol. The standard InChI is InChI=1S/C25H22ClNO3/c26-20-14-12-19(13-15-20)23(28)17-25(30)21-10-4-5-11-22(21)27(24(25)29)16-6-9-18-7-2-1-3-8-18/h1-5,7-8,10-15,30H,6,9,16-17H2/t25-/m0/s1. The maximum Gasteiger partial charge on any atom is 0.264 e. The fourth-order valence-electron chi connectivity index (χ4n) is 3.96. The Balaban J connectivity index is 1.54. The van der Waals surface area contributed by atoms with Crippen molar-refractivity contribution in [1.29, 1.82) is 0 Å². The van der Waals surface area contributed by atoms with Crippen LogP contribution in [0.3, 0.4) is 0 Å². The van der Waals surface area contributed by atoms with Gasteiger partial charge in [-0.2, -0.15) is 0 Å². The van der Waals surface area contributed by atoms with Gasteiger partial charge in [0.2, 0.25) is 0 Å². The van der Waals surface area contributed by atoms with Gasteiger partial charge in [0, 0.05) is 22.7 Å². The topological polar surface area (TPSA) is 57.6 Å². The molecule has 0 spiro atoms. The lowest BCUT2D eigenvalue weighted by molar-refractivity contribution is -0.135. The molecular formula is C25H22ClNO3. The van der Waals surface area contributed by atoms with E-state index in [0.29, 0.717) is 28.4 Å². The summed E-state index contributed by atoms with van der Waals surface area (Å²) in [4.78, 5) is 27.7. The van der Waals surface area contributed by atoms with Crippen LogP contribution in [0.2, 0.25) is 5.02 Å². The Labute approximate surface area is 180 Å². The number of nitrogens with zero attached hydrogens (tertiary/aromatic N) is 1. The zero-order valence-corrected chi connectivity index (χ0v) is 17.2. The molecule has 0 fully saturated rings. The number of ketones is 1. The van der Waals surface area contributed by atoms with E-state index in [1.807, 2.05) is 30.3 Å². The average Bonchev–Trinajstić information content (AvgIpc) is 2.97. The number of carbonyl (C=O) groups is 2. The summed E-state index contributed by atoms with van der Waals surface area (Å²) in [5, 5.41) is 11.9. The van der Waals surface area contributed by atoms with Crippen LogP contribution in [0.15, 0.2) is 78.9 Å². The molecule has 4 nitrogen and oxygen atoms in total. The summed E-state index contributed by atoms with van der Waals surface area (Å²) < 4.78 is 0.